The number of halogens is 1. The van der Waals surface area contributed by atoms with Crippen molar-refractivity contribution in [3.8, 4) is 0 Å². The highest BCUT2D eigenvalue weighted by Gasteiger charge is 2.18. The lowest BCUT2D eigenvalue weighted by molar-refractivity contribution is -0.684. The molecule has 0 saturated carbocycles. The lowest BCUT2D eigenvalue weighted by Crippen LogP contribution is -2.39. The Kier molecular flexibility index (Phi) is 5.65. The molecule has 7 heteroatoms. The molecule has 0 radical (unpaired) electrons. The summed E-state index contributed by atoms with van der Waals surface area (Å²) in [4.78, 5) is 22.5. The number of nitro benzene ring substituents is 1. The summed E-state index contributed by atoms with van der Waals surface area (Å²) >= 11 is 5.83. The SMILES string of the molecule is CCCc1cc[n+](CC(=O)Nc2cc(Cl)ccc2[N+](=O)[O-])cc1. The summed E-state index contributed by atoms with van der Waals surface area (Å²) in [6.07, 6.45) is 5.68. The molecule has 2 rings (SSSR count). The highest BCUT2D eigenvalue weighted by Crippen LogP contribution is 2.27. The van der Waals surface area contributed by atoms with Crippen molar-refractivity contribution in [2.45, 2.75) is 26.3 Å². The van der Waals surface area contributed by atoms with Crippen LogP contribution in [0.25, 0.3) is 0 Å². The zero-order chi connectivity index (χ0) is 16.8. The summed E-state index contributed by atoms with van der Waals surface area (Å²) in [6.45, 7) is 2.17. The number of carbonyl (C=O) groups excluding carboxylic acids is 1. The largest absolute Gasteiger partial charge is 0.315 e. The van der Waals surface area contributed by atoms with E-state index in [4.69, 9.17) is 11.6 Å². The number of hydrogen-bond acceptors (Lipinski definition) is 3. The maximum absolute atomic E-state index is 12.1. The third-order valence-electron chi connectivity index (χ3n) is 3.25. The first-order chi connectivity index (χ1) is 11.0. The lowest BCUT2D eigenvalue weighted by atomic mass is 10.1. The van der Waals surface area contributed by atoms with E-state index in [2.05, 4.69) is 12.2 Å². The fourth-order valence-corrected chi connectivity index (χ4v) is 2.34. The number of benzene rings is 1. The summed E-state index contributed by atoms with van der Waals surface area (Å²) in [5.74, 6) is -0.358. The average Bonchev–Trinajstić information content (AvgIpc) is 2.49. The zero-order valence-corrected chi connectivity index (χ0v) is 13.4. The van der Waals surface area contributed by atoms with E-state index in [-0.39, 0.29) is 23.8 Å². The highest BCUT2D eigenvalue weighted by atomic mass is 35.5. The van der Waals surface area contributed by atoms with Gasteiger partial charge < -0.3 is 5.32 Å². The van der Waals surface area contributed by atoms with Gasteiger partial charge >= 0.3 is 0 Å². The smallest absolute Gasteiger partial charge is 0.292 e. The Hall–Kier alpha value is -2.47. The first kappa shape index (κ1) is 16.9. The van der Waals surface area contributed by atoms with Gasteiger partial charge in [0, 0.05) is 23.2 Å². The predicted octanol–water partition coefficient (Wildman–Crippen LogP) is 3.13. The number of rotatable bonds is 6. The number of nitro groups is 1. The van der Waals surface area contributed by atoms with Crippen molar-refractivity contribution in [1.29, 1.82) is 0 Å². The first-order valence-electron chi connectivity index (χ1n) is 7.21. The minimum atomic E-state index is -0.557. The molecule has 6 nitrogen and oxygen atoms in total. The van der Waals surface area contributed by atoms with Crippen LogP contribution in [0.1, 0.15) is 18.9 Å². The van der Waals surface area contributed by atoms with Crippen LogP contribution in [0.5, 0.6) is 0 Å². The molecule has 0 aliphatic heterocycles. The number of amides is 1. The molecule has 23 heavy (non-hydrogen) atoms. The van der Waals surface area contributed by atoms with Crippen LogP contribution in [0.2, 0.25) is 5.02 Å². The van der Waals surface area contributed by atoms with Crippen LogP contribution in [0.3, 0.4) is 0 Å². The first-order valence-corrected chi connectivity index (χ1v) is 7.59. The number of nitrogens with one attached hydrogen (secondary N) is 1. The van der Waals surface area contributed by atoms with Crippen molar-refractivity contribution in [3.05, 3.63) is 63.4 Å². The van der Waals surface area contributed by atoms with Crippen LogP contribution in [0.4, 0.5) is 11.4 Å². The minimum absolute atomic E-state index is 0.0655. The Morgan fingerprint density at radius 1 is 1.30 bits per heavy atom. The van der Waals surface area contributed by atoms with E-state index in [1.165, 1.54) is 23.8 Å². The highest BCUT2D eigenvalue weighted by molar-refractivity contribution is 6.31. The van der Waals surface area contributed by atoms with Crippen molar-refractivity contribution >= 4 is 28.9 Å². The molecule has 1 heterocycles. The van der Waals surface area contributed by atoms with Gasteiger partial charge in [-0.15, -0.1) is 0 Å². The van der Waals surface area contributed by atoms with Gasteiger partial charge in [-0.25, -0.2) is 0 Å². The van der Waals surface area contributed by atoms with Crippen LogP contribution < -0.4 is 9.88 Å². The Morgan fingerprint density at radius 2 is 2.00 bits per heavy atom. The van der Waals surface area contributed by atoms with Gasteiger partial charge in [0.1, 0.15) is 5.69 Å². The fraction of sp³-hybridized carbons (Fsp3) is 0.250. The Labute approximate surface area is 138 Å². The van der Waals surface area contributed by atoms with E-state index >= 15 is 0 Å². The molecular formula is C16H17ClN3O3+. The molecule has 0 aliphatic carbocycles. The number of aryl methyl sites for hydroxylation is 1. The normalized spacial score (nSPS) is 10.3. The van der Waals surface area contributed by atoms with Crippen LogP contribution in [0.15, 0.2) is 42.7 Å². The second-order valence-corrected chi connectivity index (χ2v) is 5.53. The van der Waals surface area contributed by atoms with E-state index in [0.717, 1.165) is 12.8 Å². The van der Waals surface area contributed by atoms with E-state index in [9.17, 15) is 14.9 Å². The summed E-state index contributed by atoms with van der Waals surface area (Å²) in [5.41, 5.74) is 1.11. The van der Waals surface area contributed by atoms with Gasteiger partial charge in [-0.3, -0.25) is 14.9 Å². The summed E-state index contributed by atoms with van der Waals surface area (Å²) < 4.78 is 1.71. The predicted molar refractivity (Wildman–Crippen MR) is 87.4 cm³/mol. The van der Waals surface area contributed by atoms with Gasteiger partial charge in [-0.1, -0.05) is 24.9 Å². The topological polar surface area (TPSA) is 76.1 Å². The van der Waals surface area contributed by atoms with Crippen molar-refractivity contribution in [2.75, 3.05) is 5.32 Å². The Morgan fingerprint density at radius 3 is 2.61 bits per heavy atom. The van der Waals surface area contributed by atoms with Gasteiger partial charge in [0.2, 0.25) is 6.54 Å². The van der Waals surface area contributed by atoms with Crippen LogP contribution in [-0.4, -0.2) is 10.8 Å². The van der Waals surface area contributed by atoms with Gasteiger partial charge in [-0.05, 0) is 24.1 Å². The van der Waals surface area contributed by atoms with Crippen LogP contribution in [0, 0.1) is 10.1 Å². The van der Waals surface area contributed by atoms with E-state index in [0.29, 0.717) is 5.02 Å². The van der Waals surface area contributed by atoms with Crippen molar-refractivity contribution in [1.82, 2.24) is 0 Å². The number of hydrogen-bond donors (Lipinski definition) is 1. The van der Waals surface area contributed by atoms with E-state index < -0.39 is 4.92 Å². The molecule has 0 fully saturated rings. The second kappa shape index (κ2) is 7.69. The molecular weight excluding hydrogens is 318 g/mol. The summed E-state index contributed by atoms with van der Waals surface area (Å²) in [6, 6.07) is 7.96. The molecule has 0 unspecified atom stereocenters. The monoisotopic (exact) mass is 334 g/mol. The number of carbonyl (C=O) groups is 1. The number of anilines is 1. The quantitative estimate of drug-likeness (QED) is 0.501. The third kappa shape index (κ3) is 4.75. The van der Waals surface area contributed by atoms with Crippen LogP contribution in [-0.2, 0) is 17.8 Å². The maximum atomic E-state index is 12.1. The molecule has 0 aliphatic rings. The second-order valence-electron chi connectivity index (χ2n) is 5.10. The van der Waals surface area contributed by atoms with Gasteiger partial charge in [0.05, 0.1) is 4.92 Å². The summed E-state index contributed by atoms with van der Waals surface area (Å²) in [7, 11) is 0. The zero-order valence-electron chi connectivity index (χ0n) is 12.7. The Balaban J connectivity index is 2.07. The number of aromatic nitrogens is 1. The molecule has 2 aromatic rings. The van der Waals surface area contributed by atoms with Crippen molar-refractivity contribution in [3.63, 3.8) is 0 Å². The minimum Gasteiger partial charge on any atom is -0.315 e. The Bertz CT molecular complexity index is 717. The van der Waals surface area contributed by atoms with Crippen LogP contribution >= 0.6 is 11.6 Å². The molecule has 0 spiro atoms. The molecule has 1 N–H and O–H groups in total. The van der Waals surface area contributed by atoms with E-state index in [1.807, 2.05) is 24.5 Å². The molecule has 0 bridgehead atoms. The number of nitrogens with zero attached hydrogens (tertiary/aromatic N) is 2. The number of pyridine rings is 1. The van der Waals surface area contributed by atoms with Crippen molar-refractivity contribution < 1.29 is 14.3 Å². The molecule has 0 saturated heterocycles. The van der Waals surface area contributed by atoms with Gasteiger partial charge in [0.25, 0.3) is 11.6 Å². The van der Waals surface area contributed by atoms with E-state index in [1.54, 1.807) is 4.57 Å². The standard InChI is InChI=1S/C16H16ClN3O3/c1-2-3-12-6-8-19(9-7-12)11-16(21)18-14-10-13(17)4-5-15(14)20(22)23/h4-10H,2-3,11H2,1H3/p+1. The van der Waals surface area contributed by atoms with Gasteiger partial charge in [0.15, 0.2) is 12.4 Å². The molecule has 120 valence electrons. The van der Waals surface area contributed by atoms with Crippen molar-refractivity contribution in [2.24, 2.45) is 0 Å². The molecule has 1 aromatic carbocycles. The fourth-order valence-electron chi connectivity index (χ4n) is 2.17. The molecule has 1 aromatic heterocycles. The average molecular weight is 335 g/mol. The lowest BCUT2D eigenvalue weighted by Gasteiger charge is -2.05. The maximum Gasteiger partial charge on any atom is 0.292 e. The molecule has 0 atom stereocenters. The van der Waals surface area contributed by atoms with Gasteiger partial charge in [-0.2, -0.15) is 4.57 Å². The molecule has 1 amide bonds. The summed E-state index contributed by atoms with van der Waals surface area (Å²) in [5, 5.41) is 13.8. The third-order valence-corrected chi connectivity index (χ3v) is 3.49.